The van der Waals surface area contributed by atoms with E-state index >= 15 is 0 Å². The van der Waals surface area contributed by atoms with Crippen LogP contribution in [0.2, 0.25) is 0 Å². The number of ether oxygens (including phenoxy) is 1. The fraction of sp³-hybridized carbons (Fsp3) is 0.263. The second-order valence-electron chi connectivity index (χ2n) is 6.12. The number of carbonyl (C=O) groups is 2. The predicted molar refractivity (Wildman–Crippen MR) is 92.7 cm³/mol. The van der Waals surface area contributed by atoms with E-state index in [4.69, 9.17) is 9.84 Å². The van der Waals surface area contributed by atoms with Gasteiger partial charge in [0.2, 0.25) is 0 Å². The Morgan fingerprint density at radius 2 is 1.88 bits per heavy atom. The van der Waals surface area contributed by atoms with Crippen molar-refractivity contribution in [1.29, 1.82) is 0 Å². The van der Waals surface area contributed by atoms with Crippen LogP contribution in [0.5, 0.6) is 5.75 Å². The number of rotatable bonds is 6. The molecule has 1 aliphatic carbocycles. The van der Waals surface area contributed by atoms with E-state index in [0.29, 0.717) is 6.54 Å². The largest absolute Gasteiger partial charge is 0.497 e. The number of nitrogens with one attached hydrogen (secondary N) is 2. The first kappa shape index (κ1) is 16.8. The van der Waals surface area contributed by atoms with E-state index in [1.807, 2.05) is 24.3 Å². The molecule has 0 saturated heterocycles. The van der Waals surface area contributed by atoms with Crippen LogP contribution in [0.4, 0.5) is 4.79 Å². The van der Waals surface area contributed by atoms with Gasteiger partial charge >= 0.3 is 12.0 Å². The van der Waals surface area contributed by atoms with Crippen LogP contribution < -0.4 is 15.4 Å². The van der Waals surface area contributed by atoms with Gasteiger partial charge in [-0.1, -0.05) is 24.3 Å². The molecule has 3 rings (SSSR count). The summed E-state index contributed by atoms with van der Waals surface area (Å²) < 4.78 is 5.24. The third-order valence-electron chi connectivity index (χ3n) is 4.38. The lowest BCUT2D eigenvalue weighted by Crippen LogP contribution is -2.41. The van der Waals surface area contributed by atoms with E-state index in [1.54, 1.807) is 19.2 Å². The smallest absolute Gasteiger partial charge is 0.335 e. The molecule has 2 aromatic carbocycles. The van der Waals surface area contributed by atoms with Gasteiger partial charge in [0.15, 0.2) is 0 Å². The fourth-order valence-corrected chi connectivity index (χ4v) is 2.74. The average Bonchev–Trinajstić information content (AvgIpc) is 3.41. The normalized spacial score (nSPS) is 14.4. The molecule has 2 aromatic rings. The van der Waals surface area contributed by atoms with Crippen LogP contribution in [0.15, 0.2) is 48.5 Å². The zero-order valence-electron chi connectivity index (χ0n) is 13.9. The van der Waals surface area contributed by atoms with E-state index in [2.05, 4.69) is 10.6 Å². The van der Waals surface area contributed by atoms with Crippen molar-refractivity contribution in [2.45, 2.75) is 24.9 Å². The molecule has 3 N–H and O–H groups in total. The highest BCUT2D eigenvalue weighted by Gasteiger charge is 2.45. The molecule has 6 nitrogen and oxygen atoms in total. The molecule has 1 fully saturated rings. The fourth-order valence-electron chi connectivity index (χ4n) is 2.74. The molecule has 0 spiro atoms. The molecule has 0 atom stereocenters. The molecular weight excluding hydrogens is 320 g/mol. The van der Waals surface area contributed by atoms with E-state index in [-0.39, 0.29) is 17.1 Å². The number of urea groups is 1. The molecule has 2 amide bonds. The van der Waals surface area contributed by atoms with Gasteiger partial charge in [0.05, 0.1) is 18.2 Å². The predicted octanol–water partition coefficient (Wildman–Crippen LogP) is 2.88. The van der Waals surface area contributed by atoms with Crippen molar-refractivity contribution in [3.8, 4) is 5.75 Å². The van der Waals surface area contributed by atoms with Gasteiger partial charge in [-0.25, -0.2) is 9.59 Å². The number of benzene rings is 2. The lowest BCUT2D eigenvalue weighted by atomic mass is 10.0. The van der Waals surface area contributed by atoms with E-state index < -0.39 is 5.97 Å². The third-order valence-corrected chi connectivity index (χ3v) is 4.38. The number of amides is 2. The first-order valence-electron chi connectivity index (χ1n) is 8.05. The van der Waals surface area contributed by atoms with Crippen molar-refractivity contribution in [3.05, 3.63) is 65.2 Å². The maximum Gasteiger partial charge on any atom is 0.335 e. The Morgan fingerprint density at radius 1 is 1.16 bits per heavy atom. The molecule has 0 unspecified atom stereocenters. The first-order chi connectivity index (χ1) is 12.0. The molecule has 0 heterocycles. The number of carbonyl (C=O) groups excluding carboxylic acids is 1. The Hall–Kier alpha value is -3.02. The maximum atomic E-state index is 12.2. The van der Waals surface area contributed by atoms with Crippen LogP contribution in [-0.2, 0) is 12.1 Å². The van der Waals surface area contributed by atoms with Crippen molar-refractivity contribution in [1.82, 2.24) is 10.6 Å². The summed E-state index contributed by atoms with van der Waals surface area (Å²) in [7, 11) is 1.62. The number of carboxylic acids is 1. The standard InChI is InChI=1S/C19H20N2O4/c1-25-16-4-2-3-15(11-16)19(9-10-19)21-18(24)20-12-13-5-7-14(8-6-13)17(22)23/h2-8,11H,9-10,12H2,1H3,(H,22,23)(H2,20,21,24). The Kier molecular flexibility index (Phi) is 4.61. The van der Waals surface area contributed by atoms with Gasteiger partial charge in [-0.05, 0) is 48.2 Å². The second-order valence-corrected chi connectivity index (χ2v) is 6.12. The Labute approximate surface area is 145 Å². The lowest BCUT2D eigenvalue weighted by molar-refractivity contribution is 0.0697. The lowest BCUT2D eigenvalue weighted by Gasteiger charge is -2.19. The number of aromatic carboxylic acids is 1. The summed E-state index contributed by atoms with van der Waals surface area (Å²) in [5.41, 5.74) is 1.77. The highest BCUT2D eigenvalue weighted by Crippen LogP contribution is 2.46. The maximum absolute atomic E-state index is 12.2. The summed E-state index contributed by atoms with van der Waals surface area (Å²) in [5.74, 6) is -0.198. The topological polar surface area (TPSA) is 87.7 Å². The number of hydrogen-bond acceptors (Lipinski definition) is 3. The summed E-state index contributed by atoms with van der Waals surface area (Å²) >= 11 is 0. The quantitative estimate of drug-likeness (QED) is 0.754. The minimum absolute atomic E-state index is 0.225. The summed E-state index contributed by atoms with van der Waals surface area (Å²) in [5, 5.41) is 14.7. The Bertz CT molecular complexity index is 782. The minimum atomic E-state index is -0.966. The van der Waals surface area contributed by atoms with Gasteiger partial charge in [0, 0.05) is 6.54 Å². The van der Waals surface area contributed by atoms with Crippen LogP contribution in [0.25, 0.3) is 0 Å². The van der Waals surface area contributed by atoms with E-state index in [1.165, 1.54) is 12.1 Å². The van der Waals surface area contributed by atoms with Crippen LogP contribution in [0.1, 0.15) is 34.3 Å². The summed E-state index contributed by atoms with van der Waals surface area (Å²) in [6.45, 7) is 0.333. The van der Waals surface area contributed by atoms with Crippen molar-refractivity contribution >= 4 is 12.0 Å². The Morgan fingerprint density at radius 3 is 2.48 bits per heavy atom. The molecule has 25 heavy (non-hydrogen) atoms. The number of methoxy groups -OCH3 is 1. The summed E-state index contributed by atoms with van der Waals surface area (Å²) in [6.07, 6.45) is 1.78. The zero-order chi connectivity index (χ0) is 17.9. The van der Waals surface area contributed by atoms with Gasteiger partial charge in [-0.2, -0.15) is 0 Å². The van der Waals surface area contributed by atoms with Crippen molar-refractivity contribution in [2.24, 2.45) is 0 Å². The van der Waals surface area contributed by atoms with Crippen LogP contribution >= 0.6 is 0 Å². The molecular formula is C19H20N2O4. The van der Waals surface area contributed by atoms with Crippen LogP contribution in [0.3, 0.4) is 0 Å². The van der Waals surface area contributed by atoms with Gasteiger partial charge in [-0.3, -0.25) is 0 Å². The average molecular weight is 340 g/mol. The van der Waals surface area contributed by atoms with Gasteiger partial charge in [0.25, 0.3) is 0 Å². The molecule has 6 heteroatoms. The van der Waals surface area contributed by atoms with Crippen molar-refractivity contribution < 1.29 is 19.4 Å². The van der Waals surface area contributed by atoms with Gasteiger partial charge in [-0.15, -0.1) is 0 Å². The molecule has 0 bridgehead atoms. The monoisotopic (exact) mass is 340 g/mol. The molecule has 0 radical (unpaired) electrons. The van der Waals surface area contributed by atoms with Crippen molar-refractivity contribution in [3.63, 3.8) is 0 Å². The molecule has 0 aromatic heterocycles. The summed E-state index contributed by atoms with van der Waals surface area (Å²) in [4.78, 5) is 23.1. The third kappa shape index (κ3) is 3.91. The highest BCUT2D eigenvalue weighted by molar-refractivity contribution is 5.87. The molecule has 1 aliphatic rings. The number of carboxylic acid groups (broad SMARTS) is 1. The van der Waals surface area contributed by atoms with Crippen LogP contribution in [-0.4, -0.2) is 24.2 Å². The highest BCUT2D eigenvalue weighted by atomic mass is 16.5. The van der Waals surface area contributed by atoms with E-state index in [9.17, 15) is 9.59 Å². The minimum Gasteiger partial charge on any atom is -0.497 e. The second kappa shape index (κ2) is 6.84. The van der Waals surface area contributed by atoms with E-state index in [0.717, 1.165) is 29.7 Å². The molecule has 1 saturated carbocycles. The Balaban J connectivity index is 1.58. The zero-order valence-corrected chi connectivity index (χ0v) is 13.9. The SMILES string of the molecule is COc1cccc(C2(NC(=O)NCc3ccc(C(=O)O)cc3)CC2)c1. The van der Waals surface area contributed by atoms with Crippen LogP contribution in [0, 0.1) is 0 Å². The molecule has 0 aliphatic heterocycles. The van der Waals surface area contributed by atoms with Gasteiger partial charge in [0.1, 0.15) is 5.75 Å². The first-order valence-corrected chi connectivity index (χ1v) is 8.05. The number of hydrogen-bond donors (Lipinski definition) is 3. The summed E-state index contributed by atoms with van der Waals surface area (Å²) in [6, 6.07) is 13.9. The van der Waals surface area contributed by atoms with Crippen molar-refractivity contribution in [2.75, 3.05) is 7.11 Å². The van der Waals surface area contributed by atoms with Gasteiger partial charge < -0.3 is 20.5 Å². The molecule has 130 valence electrons.